The summed E-state index contributed by atoms with van der Waals surface area (Å²) in [5.74, 6) is -2.44. The van der Waals surface area contributed by atoms with E-state index in [1.54, 1.807) is 0 Å². The van der Waals surface area contributed by atoms with Crippen LogP contribution < -0.4 is 5.73 Å². The van der Waals surface area contributed by atoms with Gasteiger partial charge in [-0.05, 0) is 6.42 Å². The second-order valence-corrected chi connectivity index (χ2v) is 4.96. The van der Waals surface area contributed by atoms with Crippen molar-refractivity contribution in [2.24, 2.45) is 5.73 Å². The maximum Gasteiger partial charge on any atom is 0.277 e. The summed E-state index contributed by atoms with van der Waals surface area (Å²) in [6.45, 7) is -0.307. The highest BCUT2D eigenvalue weighted by Gasteiger charge is 2.31. The Morgan fingerprint density at radius 1 is 1.35 bits per heavy atom. The van der Waals surface area contributed by atoms with E-state index in [9.17, 15) is 22.8 Å². The third kappa shape index (κ3) is 3.11. The fourth-order valence-electron chi connectivity index (χ4n) is 1.34. The van der Waals surface area contributed by atoms with E-state index in [1.807, 2.05) is 0 Å². The second kappa shape index (κ2) is 4.63. The molecule has 1 aliphatic heterocycles. The van der Waals surface area contributed by atoms with Gasteiger partial charge in [-0.1, -0.05) is 0 Å². The van der Waals surface area contributed by atoms with Gasteiger partial charge >= 0.3 is 0 Å². The van der Waals surface area contributed by atoms with Gasteiger partial charge in [-0.3, -0.25) is 23.8 Å². The molecule has 0 radical (unpaired) electrons. The molecule has 0 aliphatic carbocycles. The Bertz CT molecular complexity index is 476. The van der Waals surface area contributed by atoms with E-state index in [0.29, 0.717) is 0 Å². The van der Waals surface area contributed by atoms with E-state index in [0.717, 1.165) is 17.1 Å². The molecule has 3 amide bonds. The Hall–Kier alpha value is -1.74. The van der Waals surface area contributed by atoms with Gasteiger partial charge in [0.15, 0.2) is 5.25 Å². The Morgan fingerprint density at radius 2 is 1.82 bits per heavy atom. The average molecular weight is 262 g/mol. The maximum absolute atomic E-state index is 11.1. The molecule has 3 N–H and O–H groups in total. The van der Waals surface area contributed by atoms with Gasteiger partial charge in [-0.15, -0.1) is 0 Å². The van der Waals surface area contributed by atoms with Gasteiger partial charge in [-0.2, -0.15) is 8.42 Å². The predicted octanol–water partition coefficient (Wildman–Crippen LogP) is -1.96. The van der Waals surface area contributed by atoms with Crippen LogP contribution >= 0.6 is 0 Å². The topological polar surface area (TPSA) is 135 Å². The molecule has 0 aromatic rings. The van der Waals surface area contributed by atoms with E-state index < -0.39 is 39.5 Å². The molecule has 0 aromatic heterocycles. The quantitative estimate of drug-likeness (QED) is 0.436. The van der Waals surface area contributed by atoms with Crippen molar-refractivity contribution in [3.8, 4) is 0 Å². The van der Waals surface area contributed by atoms with E-state index in [4.69, 9.17) is 10.3 Å². The first kappa shape index (κ1) is 13.3. The van der Waals surface area contributed by atoms with Crippen molar-refractivity contribution >= 4 is 27.8 Å². The third-order valence-corrected chi connectivity index (χ3v) is 3.38. The number of carbonyl (C=O) groups excluding carboxylic acids is 3. The van der Waals surface area contributed by atoms with Crippen LogP contribution in [0.3, 0.4) is 0 Å². The van der Waals surface area contributed by atoms with Crippen LogP contribution in [0.1, 0.15) is 6.42 Å². The van der Waals surface area contributed by atoms with E-state index in [-0.39, 0.29) is 6.54 Å². The number of rotatable bonds is 5. The number of nitrogens with zero attached hydrogens (tertiary/aromatic N) is 1. The number of nitrogens with two attached hydrogens (primary N) is 1. The van der Waals surface area contributed by atoms with Crippen molar-refractivity contribution in [2.45, 2.75) is 11.7 Å². The molecule has 0 aromatic carbocycles. The number of hydrogen-bond acceptors (Lipinski definition) is 5. The lowest BCUT2D eigenvalue weighted by Crippen LogP contribution is -2.40. The van der Waals surface area contributed by atoms with Crippen LogP contribution in [0.15, 0.2) is 12.2 Å². The smallest absolute Gasteiger partial charge is 0.277 e. The summed E-state index contributed by atoms with van der Waals surface area (Å²) >= 11 is 0. The highest BCUT2D eigenvalue weighted by Crippen LogP contribution is 2.09. The zero-order chi connectivity index (χ0) is 13.2. The monoisotopic (exact) mass is 262 g/mol. The summed E-state index contributed by atoms with van der Waals surface area (Å²) < 4.78 is 30.3. The van der Waals surface area contributed by atoms with Gasteiger partial charge < -0.3 is 5.73 Å². The van der Waals surface area contributed by atoms with E-state index in [1.165, 1.54) is 0 Å². The lowest BCUT2D eigenvalue weighted by atomic mass is 10.3. The highest BCUT2D eigenvalue weighted by atomic mass is 32.2. The van der Waals surface area contributed by atoms with Crippen LogP contribution in [0.5, 0.6) is 0 Å². The minimum Gasteiger partial charge on any atom is -0.368 e. The number of amides is 3. The van der Waals surface area contributed by atoms with Crippen LogP contribution in [0.2, 0.25) is 0 Å². The molecule has 0 saturated heterocycles. The van der Waals surface area contributed by atoms with Crippen molar-refractivity contribution in [1.82, 2.24) is 4.90 Å². The largest absolute Gasteiger partial charge is 0.368 e. The molecule has 8 nitrogen and oxygen atoms in total. The Kier molecular flexibility index (Phi) is 3.63. The Morgan fingerprint density at radius 3 is 2.18 bits per heavy atom. The molecular formula is C8H10N2O6S. The SMILES string of the molecule is NC(=O)C(CCN1C(=O)C=CC1=O)S(=O)(=O)O. The minimum atomic E-state index is -4.64. The molecule has 17 heavy (non-hydrogen) atoms. The van der Waals surface area contributed by atoms with Crippen LogP contribution in [-0.2, 0) is 24.5 Å². The van der Waals surface area contributed by atoms with Crippen molar-refractivity contribution in [1.29, 1.82) is 0 Å². The fraction of sp³-hybridized carbons (Fsp3) is 0.375. The highest BCUT2D eigenvalue weighted by molar-refractivity contribution is 7.87. The van der Waals surface area contributed by atoms with Gasteiger partial charge in [-0.25, -0.2) is 0 Å². The summed E-state index contributed by atoms with van der Waals surface area (Å²) in [5, 5.41) is -1.83. The van der Waals surface area contributed by atoms with Crippen LogP contribution in [0.4, 0.5) is 0 Å². The van der Waals surface area contributed by atoms with Crippen molar-refractivity contribution < 1.29 is 27.4 Å². The zero-order valence-corrected chi connectivity index (χ0v) is 9.38. The van der Waals surface area contributed by atoms with Crippen LogP contribution in [-0.4, -0.2) is 47.4 Å². The van der Waals surface area contributed by atoms with E-state index in [2.05, 4.69) is 0 Å². The first-order valence-corrected chi connectivity index (χ1v) is 6.03. The van der Waals surface area contributed by atoms with Gasteiger partial charge in [0.25, 0.3) is 21.9 Å². The fourth-order valence-corrected chi connectivity index (χ4v) is 2.03. The first-order chi connectivity index (χ1) is 7.73. The summed E-state index contributed by atoms with van der Waals surface area (Å²) in [6, 6.07) is 0. The lowest BCUT2D eigenvalue weighted by Gasteiger charge is -2.16. The molecule has 9 heteroatoms. The minimum absolute atomic E-state index is 0.307. The second-order valence-electron chi connectivity index (χ2n) is 3.36. The van der Waals surface area contributed by atoms with Gasteiger partial charge in [0, 0.05) is 18.7 Å². The van der Waals surface area contributed by atoms with Crippen molar-refractivity contribution in [2.75, 3.05) is 6.54 Å². The zero-order valence-electron chi connectivity index (χ0n) is 8.57. The molecule has 1 atom stereocenters. The van der Waals surface area contributed by atoms with Gasteiger partial charge in [0.1, 0.15) is 0 Å². The van der Waals surface area contributed by atoms with Crippen molar-refractivity contribution in [3.05, 3.63) is 12.2 Å². The molecule has 0 bridgehead atoms. The maximum atomic E-state index is 11.1. The van der Waals surface area contributed by atoms with E-state index >= 15 is 0 Å². The predicted molar refractivity (Wildman–Crippen MR) is 55.0 cm³/mol. The third-order valence-electron chi connectivity index (χ3n) is 2.19. The number of carbonyl (C=O) groups is 3. The summed E-state index contributed by atoms with van der Waals surface area (Å²) in [6.07, 6.45) is 1.61. The molecule has 1 rings (SSSR count). The number of primary amides is 1. The standard InChI is InChI=1S/C8H10N2O6S/c9-8(13)5(17(14,15)16)3-4-10-6(11)1-2-7(10)12/h1-2,5H,3-4H2,(H2,9,13)(H,14,15,16). The molecule has 1 heterocycles. The average Bonchev–Trinajstić information content (AvgIpc) is 2.46. The molecule has 0 spiro atoms. The Balaban J connectivity index is 2.69. The summed E-state index contributed by atoms with van der Waals surface area (Å²) in [4.78, 5) is 33.8. The molecular weight excluding hydrogens is 252 g/mol. The van der Waals surface area contributed by atoms with Crippen molar-refractivity contribution in [3.63, 3.8) is 0 Å². The van der Waals surface area contributed by atoms with Crippen LogP contribution in [0.25, 0.3) is 0 Å². The summed E-state index contributed by atoms with van der Waals surface area (Å²) in [7, 11) is -4.64. The molecule has 0 saturated carbocycles. The van der Waals surface area contributed by atoms with Gasteiger partial charge in [0.2, 0.25) is 5.91 Å². The number of hydrogen-bond donors (Lipinski definition) is 2. The molecule has 1 unspecified atom stereocenters. The number of imide groups is 1. The summed E-state index contributed by atoms with van der Waals surface area (Å²) in [5.41, 5.74) is 4.79. The van der Waals surface area contributed by atoms with Gasteiger partial charge in [0.05, 0.1) is 0 Å². The normalized spacial score (nSPS) is 17.6. The molecule has 0 fully saturated rings. The lowest BCUT2D eigenvalue weighted by molar-refractivity contribution is -0.137. The molecule has 1 aliphatic rings. The first-order valence-electron chi connectivity index (χ1n) is 4.52. The Labute approximate surface area is 96.8 Å². The molecule has 94 valence electrons. The van der Waals surface area contributed by atoms with Crippen LogP contribution in [0, 0.1) is 0 Å².